The zero-order valence-electron chi connectivity index (χ0n) is 21.1. The number of rotatable bonds is 9. The minimum atomic E-state index is -3.72. The molecular formula is C25H32ClN3O7S2. The van der Waals surface area contributed by atoms with E-state index >= 15 is 0 Å². The summed E-state index contributed by atoms with van der Waals surface area (Å²) >= 11 is 6.20. The third kappa shape index (κ3) is 6.67. The van der Waals surface area contributed by atoms with Crippen molar-refractivity contribution in [3.05, 3.63) is 53.1 Å². The molecule has 2 heterocycles. The number of hydrogen-bond donors (Lipinski definition) is 1. The van der Waals surface area contributed by atoms with Crippen molar-refractivity contribution in [3.8, 4) is 5.75 Å². The number of nitrogens with one attached hydrogen (secondary N) is 1. The van der Waals surface area contributed by atoms with Crippen LogP contribution in [0.4, 0.5) is 0 Å². The second-order valence-corrected chi connectivity index (χ2v) is 13.6. The number of piperidine rings is 1. The maximum absolute atomic E-state index is 13.1. The van der Waals surface area contributed by atoms with Crippen molar-refractivity contribution in [2.45, 2.75) is 29.6 Å². The predicted octanol–water partition coefficient (Wildman–Crippen LogP) is 2.59. The van der Waals surface area contributed by atoms with Crippen LogP contribution in [-0.4, -0.2) is 83.9 Å². The molecule has 1 amide bonds. The van der Waals surface area contributed by atoms with E-state index in [-0.39, 0.29) is 33.5 Å². The summed E-state index contributed by atoms with van der Waals surface area (Å²) < 4.78 is 65.2. The van der Waals surface area contributed by atoms with Gasteiger partial charge in [-0.05, 0) is 61.2 Å². The Bertz CT molecular complexity index is 1340. The molecule has 0 spiro atoms. The molecule has 2 aromatic rings. The lowest BCUT2D eigenvalue weighted by atomic mass is 10.0. The van der Waals surface area contributed by atoms with Crippen LogP contribution in [0.2, 0.25) is 5.02 Å². The first-order chi connectivity index (χ1) is 18.1. The molecule has 38 heavy (non-hydrogen) atoms. The minimum absolute atomic E-state index is 0.0324. The van der Waals surface area contributed by atoms with Crippen LogP contribution in [-0.2, 0) is 24.8 Å². The number of hydrogen-bond acceptors (Lipinski definition) is 7. The van der Waals surface area contributed by atoms with E-state index in [9.17, 15) is 21.6 Å². The van der Waals surface area contributed by atoms with Crippen molar-refractivity contribution in [2.24, 2.45) is 5.92 Å². The molecule has 0 aromatic heterocycles. The summed E-state index contributed by atoms with van der Waals surface area (Å²) in [6, 6.07) is 10.2. The Labute approximate surface area is 229 Å². The van der Waals surface area contributed by atoms with Crippen molar-refractivity contribution in [1.29, 1.82) is 0 Å². The van der Waals surface area contributed by atoms with Crippen LogP contribution in [0.3, 0.4) is 0 Å². The molecule has 0 atom stereocenters. The predicted molar refractivity (Wildman–Crippen MR) is 142 cm³/mol. The van der Waals surface area contributed by atoms with E-state index in [4.69, 9.17) is 21.1 Å². The molecule has 0 unspecified atom stereocenters. The Morgan fingerprint density at radius 1 is 0.947 bits per heavy atom. The second kappa shape index (κ2) is 12.3. The number of halogens is 1. The van der Waals surface area contributed by atoms with Crippen LogP contribution >= 0.6 is 11.6 Å². The average Bonchev–Trinajstić information content (AvgIpc) is 2.92. The topological polar surface area (TPSA) is 122 Å². The lowest BCUT2D eigenvalue weighted by molar-refractivity contribution is 0.0730. The Balaban J connectivity index is 1.31. The lowest BCUT2D eigenvalue weighted by Crippen LogP contribution is -2.40. The van der Waals surface area contributed by atoms with Gasteiger partial charge in [-0.2, -0.15) is 8.61 Å². The molecule has 0 bridgehead atoms. The van der Waals surface area contributed by atoms with Gasteiger partial charge in [0.1, 0.15) is 12.4 Å². The highest BCUT2D eigenvalue weighted by Crippen LogP contribution is 2.27. The van der Waals surface area contributed by atoms with E-state index in [0.717, 1.165) is 12.8 Å². The van der Waals surface area contributed by atoms with Gasteiger partial charge < -0.3 is 14.8 Å². The summed E-state index contributed by atoms with van der Waals surface area (Å²) in [5.74, 6) is 0.410. The molecule has 2 fully saturated rings. The van der Waals surface area contributed by atoms with Gasteiger partial charge in [0.25, 0.3) is 5.91 Å². The van der Waals surface area contributed by atoms with E-state index in [0.29, 0.717) is 51.1 Å². The first-order valence-corrected chi connectivity index (χ1v) is 15.7. The maximum atomic E-state index is 13.1. The van der Waals surface area contributed by atoms with Crippen LogP contribution in [0, 0.1) is 5.92 Å². The van der Waals surface area contributed by atoms with Gasteiger partial charge in [0.2, 0.25) is 20.0 Å². The molecule has 2 aliphatic heterocycles. The van der Waals surface area contributed by atoms with Gasteiger partial charge in [0.05, 0.1) is 40.1 Å². The molecule has 13 heteroatoms. The van der Waals surface area contributed by atoms with Crippen LogP contribution in [0.15, 0.2) is 52.3 Å². The van der Waals surface area contributed by atoms with Crippen LogP contribution in [0.5, 0.6) is 5.75 Å². The molecule has 4 rings (SSSR count). The molecule has 2 aromatic carbocycles. The Hall–Kier alpha value is -2.22. The summed E-state index contributed by atoms with van der Waals surface area (Å²) in [7, 11) is -7.31. The molecular weight excluding hydrogens is 554 g/mol. The Morgan fingerprint density at radius 3 is 2.18 bits per heavy atom. The molecule has 1 N–H and O–H groups in total. The standard InChI is InChI=1S/C25H32ClN3O7S2/c1-19-8-11-28(12-9-19)38(33,34)22-6-7-24(26)23(18-22)25(30)27-10-15-36-20-2-4-21(5-3-20)37(31,32)29-13-16-35-17-14-29/h2-7,18-19H,8-17H2,1H3,(H,27,30). The van der Waals surface area contributed by atoms with Gasteiger partial charge in [-0.15, -0.1) is 0 Å². The molecule has 208 valence electrons. The summed E-state index contributed by atoms with van der Waals surface area (Å²) in [6.45, 7) is 4.62. The third-order valence-electron chi connectivity index (χ3n) is 6.65. The van der Waals surface area contributed by atoms with Crippen molar-refractivity contribution in [2.75, 3.05) is 52.5 Å². The lowest BCUT2D eigenvalue weighted by Gasteiger charge is -2.29. The highest BCUT2D eigenvalue weighted by molar-refractivity contribution is 7.89. The fourth-order valence-electron chi connectivity index (χ4n) is 4.29. The summed E-state index contributed by atoms with van der Waals surface area (Å²) in [5, 5.41) is 2.83. The SMILES string of the molecule is CC1CCN(S(=O)(=O)c2ccc(Cl)c(C(=O)NCCOc3ccc(S(=O)(=O)N4CCOCC4)cc3)c2)CC1. The largest absolute Gasteiger partial charge is 0.492 e. The number of carbonyl (C=O) groups excluding carboxylic acids is 1. The second-order valence-electron chi connectivity index (χ2n) is 9.32. The summed E-state index contributed by atoms with van der Waals surface area (Å²) in [5.41, 5.74) is 0.0655. The number of ether oxygens (including phenoxy) is 2. The van der Waals surface area contributed by atoms with Gasteiger partial charge >= 0.3 is 0 Å². The normalized spacial score (nSPS) is 18.3. The van der Waals surface area contributed by atoms with E-state index in [1.165, 1.54) is 38.9 Å². The number of carbonyl (C=O) groups is 1. The minimum Gasteiger partial charge on any atom is -0.492 e. The Kier molecular flexibility index (Phi) is 9.32. The molecule has 2 aliphatic rings. The summed E-state index contributed by atoms with van der Waals surface area (Å²) in [4.78, 5) is 12.9. The van der Waals surface area contributed by atoms with Gasteiger partial charge in [-0.3, -0.25) is 4.79 Å². The van der Waals surface area contributed by atoms with Gasteiger partial charge in [0.15, 0.2) is 0 Å². The van der Waals surface area contributed by atoms with Crippen LogP contribution in [0.1, 0.15) is 30.1 Å². The first-order valence-electron chi connectivity index (χ1n) is 12.5. The number of morpholine rings is 1. The third-order valence-corrected chi connectivity index (χ3v) is 10.8. The van der Waals surface area contributed by atoms with Crippen molar-refractivity contribution < 1.29 is 31.1 Å². The number of amides is 1. The zero-order valence-corrected chi connectivity index (χ0v) is 23.5. The molecule has 10 nitrogen and oxygen atoms in total. The first kappa shape index (κ1) is 28.8. The van der Waals surface area contributed by atoms with Crippen molar-refractivity contribution in [3.63, 3.8) is 0 Å². The van der Waals surface area contributed by atoms with Gasteiger partial charge in [0, 0.05) is 26.2 Å². The number of nitrogens with zero attached hydrogens (tertiary/aromatic N) is 2. The fourth-order valence-corrected chi connectivity index (χ4v) is 7.39. The zero-order chi connectivity index (χ0) is 27.3. The molecule has 0 aliphatic carbocycles. The van der Waals surface area contributed by atoms with Crippen molar-refractivity contribution in [1.82, 2.24) is 13.9 Å². The number of benzene rings is 2. The van der Waals surface area contributed by atoms with E-state index < -0.39 is 26.0 Å². The molecule has 0 saturated carbocycles. The van der Waals surface area contributed by atoms with E-state index in [2.05, 4.69) is 12.2 Å². The van der Waals surface area contributed by atoms with Crippen LogP contribution in [0.25, 0.3) is 0 Å². The molecule has 0 radical (unpaired) electrons. The quantitative estimate of drug-likeness (QED) is 0.449. The number of sulfonamides is 2. The van der Waals surface area contributed by atoms with Gasteiger partial charge in [-0.25, -0.2) is 16.8 Å². The van der Waals surface area contributed by atoms with E-state index in [1.54, 1.807) is 12.1 Å². The fraction of sp³-hybridized carbons (Fsp3) is 0.480. The average molecular weight is 586 g/mol. The maximum Gasteiger partial charge on any atom is 0.252 e. The van der Waals surface area contributed by atoms with E-state index in [1.807, 2.05) is 0 Å². The highest BCUT2D eigenvalue weighted by Gasteiger charge is 2.29. The summed E-state index contributed by atoms with van der Waals surface area (Å²) in [6.07, 6.45) is 1.60. The van der Waals surface area contributed by atoms with Crippen molar-refractivity contribution >= 4 is 37.6 Å². The monoisotopic (exact) mass is 585 g/mol. The highest BCUT2D eigenvalue weighted by atomic mass is 35.5. The Morgan fingerprint density at radius 2 is 1.53 bits per heavy atom. The smallest absolute Gasteiger partial charge is 0.252 e. The molecule has 2 saturated heterocycles. The van der Waals surface area contributed by atoms with Crippen LogP contribution < -0.4 is 10.1 Å². The van der Waals surface area contributed by atoms with Gasteiger partial charge in [-0.1, -0.05) is 18.5 Å².